The minimum atomic E-state index is -3.75. The summed E-state index contributed by atoms with van der Waals surface area (Å²) >= 11 is 5.84. The Balaban J connectivity index is 1.73. The Morgan fingerprint density at radius 2 is 1.59 bits per heavy atom. The van der Waals surface area contributed by atoms with Gasteiger partial charge in [-0.25, -0.2) is 0 Å². The molecule has 0 aromatic heterocycles. The largest absolute Gasteiger partial charge is 0.322 e. The van der Waals surface area contributed by atoms with Gasteiger partial charge in [-0.1, -0.05) is 41.9 Å². The van der Waals surface area contributed by atoms with Crippen LogP contribution >= 0.6 is 11.6 Å². The van der Waals surface area contributed by atoms with Crippen LogP contribution in [0.15, 0.2) is 88.9 Å². The Hall–Kier alpha value is -3.16. The molecule has 3 rings (SSSR count). The van der Waals surface area contributed by atoms with Crippen molar-refractivity contribution < 1.29 is 13.2 Å². The highest BCUT2D eigenvalue weighted by Crippen LogP contribution is 2.15. The maximum atomic E-state index is 12.3. The molecule has 1 amide bonds. The Morgan fingerprint density at radius 3 is 2.28 bits per heavy atom. The molecule has 0 aliphatic carbocycles. The third kappa shape index (κ3) is 5.43. The van der Waals surface area contributed by atoms with E-state index in [1.54, 1.807) is 73.7 Å². The fourth-order valence-corrected chi connectivity index (χ4v) is 3.48. The van der Waals surface area contributed by atoms with Crippen LogP contribution in [0.2, 0.25) is 5.02 Å². The van der Waals surface area contributed by atoms with E-state index < -0.39 is 10.0 Å². The molecule has 0 bridgehead atoms. The number of benzene rings is 3. The molecule has 0 fully saturated rings. The normalized spacial score (nSPS) is 11.7. The molecule has 0 aliphatic rings. The van der Waals surface area contributed by atoms with Crippen LogP contribution in [-0.4, -0.2) is 20.0 Å². The van der Waals surface area contributed by atoms with E-state index in [1.807, 2.05) is 0 Å². The molecule has 0 saturated carbocycles. The van der Waals surface area contributed by atoms with E-state index in [-0.39, 0.29) is 10.8 Å². The Kier molecular flexibility index (Phi) is 6.31. The average Bonchev–Trinajstić information content (AvgIpc) is 2.73. The molecule has 0 unspecified atom stereocenters. The second-order valence-electron chi connectivity index (χ2n) is 6.15. The van der Waals surface area contributed by atoms with Gasteiger partial charge in [-0.15, -0.1) is 0 Å². The van der Waals surface area contributed by atoms with Crippen molar-refractivity contribution in [3.8, 4) is 0 Å². The molecule has 2 N–H and O–H groups in total. The summed E-state index contributed by atoms with van der Waals surface area (Å²) in [5.41, 5.74) is 2.14. The lowest BCUT2D eigenvalue weighted by Crippen LogP contribution is -2.20. The number of sulfonamides is 1. The van der Waals surface area contributed by atoms with Crippen molar-refractivity contribution in [1.29, 1.82) is 0 Å². The van der Waals surface area contributed by atoms with E-state index in [0.717, 1.165) is 0 Å². The van der Waals surface area contributed by atoms with Crippen LogP contribution in [0.3, 0.4) is 0 Å². The van der Waals surface area contributed by atoms with Crippen LogP contribution in [0.25, 0.3) is 0 Å². The van der Waals surface area contributed by atoms with E-state index in [1.165, 1.54) is 12.1 Å². The highest BCUT2D eigenvalue weighted by atomic mass is 35.5. The SMILES string of the molecule is C/C(=N\NS(=O)(=O)c1ccccc1)c1cccc(NC(=O)c2ccc(Cl)cc2)c1. The molecule has 29 heavy (non-hydrogen) atoms. The number of rotatable bonds is 6. The first kappa shape index (κ1) is 20.6. The topological polar surface area (TPSA) is 87.6 Å². The summed E-state index contributed by atoms with van der Waals surface area (Å²) in [5, 5.41) is 7.33. The first-order chi connectivity index (χ1) is 13.8. The van der Waals surface area contributed by atoms with E-state index in [0.29, 0.717) is 27.5 Å². The summed E-state index contributed by atoms with van der Waals surface area (Å²) < 4.78 is 24.6. The molecule has 0 spiro atoms. The van der Waals surface area contributed by atoms with Crippen molar-refractivity contribution in [3.05, 3.63) is 95.0 Å². The van der Waals surface area contributed by atoms with Gasteiger partial charge in [0.1, 0.15) is 0 Å². The van der Waals surface area contributed by atoms with Crippen LogP contribution < -0.4 is 10.1 Å². The van der Waals surface area contributed by atoms with Gasteiger partial charge in [0, 0.05) is 16.3 Å². The van der Waals surface area contributed by atoms with Crippen LogP contribution in [0.1, 0.15) is 22.8 Å². The highest BCUT2D eigenvalue weighted by molar-refractivity contribution is 7.89. The fraction of sp³-hybridized carbons (Fsp3) is 0.0476. The van der Waals surface area contributed by atoms with Gasteiger partial charge in [0.15, 0.2) is 0 Å². The van der Waals surface area contributed by atoms with Gasteiger partial charge in [-0.05, 0) is 61.0 Å². The van der Waals surface area contributed by atoms with Gasteiger partial charge < -0.3 is 5.32 Å². The predicted octanol–water partition coefficient (Wildman–Crippen LogP) is 4.29. The number of hydrogen-bond acceptors (Lipinski definition) is 4. The molecule has 0 radical (unpaired) electrons. The van der Waals surface area contributed by atoms with E-state index >= 15 is 0 Å². The highest BCUT2D eigenvalue weighted by Gasteiger charge is 2.12. The average molecular weight is 428 g/mol. The lowest BCUT2D eigenvalue weighted by atomic mass is 10.1. The maximum Gasteiger partial charge on any atom is 0.276 e. The van der Waals surface area contributed by atoms with Gasteiger partial charge >= 0.3 is 0 Å². The zero-order chi connectivity index (χ0) is 20.9. The van der Waals surface area contributed by atoms with Gasteiger partial charge in [0.2, 0.25) is 0 Å². The monoisotopic (exact) mass is 427 g/mol. The van der Waals surface area contributed by atoms with E-state index in [4.69, 9.17) is 11.6 Å². The van der Waals surface area contributed by atoms with Gasteiger partial charge in [-0.2, -0.15) is 18.4 Å². The second-order valence-corrected chi connectivity index (χ2v) is 8.24. The van der Waals surface area contributed by atoms with Crippen LogP contribution in [0.4, 0.5) is 5.69 Å². The molecule has 6 nitrogen and oxygen atoms in total. The molecule has 148 valence electrons. The molecular formula is C21H18ClN3O3S. The van der Waals surface area contributed by atoms with Crippen molar-refractivity contribution in [2.24, 2.45) is 5.10 Å². The number of nitrogens with zero attached hydrogens (tertiary/aromatic N) is 1. The number of anilines is 1. The summed E-state index contributed by atoms with van der Waals surface area (Å²) in [4.78, 5) is 14.7. The van der Waals surface area contributed by atoms with Crippen LogP contribution in [0.5, 0.6) is 0 Å². The first-order valence-electron chi connectivity index (χ1n) is 8.64. The van der Waals surface area contributed by atoms with Gasteiger partial charge in [0.05, 0.1) is 10.6 Å². The number of hydrazone groups is 1. The standard InChI is InChI=1S/C21H18ClN3O3S/c1-15(24-25-29(27,28)20-8-3-2-4-9-20)17-6-5-7-19(14-17)23-21(26)16-10-12-18(22)13-11-16/h2-14,25H,1H3,(H,23,26)/b24-15+. The summed E-state index contributed by atoms with van der Waals surface area (Å²) in [6, 6.07) is 21.5. The van der Waals surface area contributed by atoms with Gasteiger partial charge in [0.25, 0.3) is 15.9 Å². The van der Waals surface area contributed by atoms with Gasteiger partial charge in [-0.3, -0.25) is 4.79 Å². The van der Waals surface area contributed by atoms with Crippen LogP contribution in [0, 0.1) is 0 Å². The predicted molar refractivity (Wildman–Crippen MR) is 115 cm³/mol. The van der Waals surface area contributed by atoms with Crippen molar-refractivity contribution in [2.75, 3.05) is 5.32 Å². The number of carbonyl (C=O) groups is 1. The minimum Gasteiger partial charge on any atom is -0.322 e. The van der Waals surface area contributed by atoms with Crippen molar-refractivity contribution >= 4 is 38.9 Å². The lowest BCUT2D eigenvalue weighted by molar-refractivity contribution is 0.102. The summed E-state index contributed by atoms with van der Waals surface area (Å²) in [6.07, 6.45) is 0. The molecular weight excluding hydrogens is 410 g/mol. The molecule has 0 aliphatic heterocycles. The molecule has 3 aromatic rings. The second kappa shape index (κ2) is 8.89. The Labute approximate surface area is 174 Å². The fourth-order valence-electron chi connectivity index (χ4n) is 2.47. The summed E-state index contributed by atoms with van der Waals surface area (Å²) in [7, 11) is -3.75. The Bertz CT molecular complexity index is 1150. The third-order valence-electron chi connectivity index (χ3n) is 4.03. The molecule has 0 saturated heterocycles. The summed E-state index contributed by atoms with van der Waals surface area (Å²) in [6.45, 7) is 1.67. The zero-order valence-electron chi connectivity index (χ0n) is 15.5. The van der Waals surface area contributed by atoms with Crippen molar-refractivity contribution in [2.45, 2.75) is 11.8 Å². The third-order valence-corrected chi connectivity index (χ3v) is 5.51. The van der Waals surface area contributed by atoms with Crippen LogP contribution in [-0.2, 0) is 10.0 Å². The number of halogens is 1. The Morgan fingerprint density at radius 1 is 0.897 bits per heavy atom. The van der Waals surface area contributed by atoms with Crippen molar-refractivity contribution in [1.82, 2.24) is 4.83 Å². The number of carbonyl (C=O) groups excluding carboxylic acids is 1. The first-order valence-corrected chi connectivity index (χ1v) is 10.5. The van der Waals surface area contributed by atoms with E-state index in [9.17, 15) is 13.2 Å². The molecule has 0 heterocycles. The lowest BCUT2D eigenvalue weighted by Gasteiger charge is -2.08. The molecule has 0 atom stereocenters. The smallest absolute Gasteiger partial charge is 0.276 e. The quantitative estimate of drug-likeness (QED) is 0.454. The molecule has 8 heteroatoms. The maximum absolute atomic E-state index is 12.3. The summed E-state index contributed by atoms with van der Waals surface area (Å²) in [5.74, 6) is -0.279. The number of hydrogen-bond donors (Lipinski definition) is 2. The zero-order valence-corrected chi connectivity index (χ0v) is 17.0. The molecule has 3 aromatic carbocycles. The number of amides is 1. The minimum absolute atomic E-state index is 0.125. The van der Waals surface area contributed by atoms with Crippen molar-refractivity contribution in [3.63, 3.8) is 0 Å². The van der Waals surface area contributed by atoms with E-state index in [2.05, 4.69) is 15.2 Å². The number of nitrogens with one attached hydrogen (secondary N) is 2.